The van der Waals surface area contributed by atoms with E-state index in [-0.39, 0.29) is 10.9 Å². The fourth-order valence-corrected chi connectivity index (χ4v) is 3.80. The average Bonchev–Trinajstić information content (AvgIpc) is 2.66. The number of carbonyl (C=O) groups is 2. The van der Waals surface area contributed by atoms with E-state index in [1.165, 1.54) is 4.90 Å². The van der Waals surface area contributed by atoms with Crippen LogP contribution >= 0.6 is 0 Å². The van der Waals surface area contributed by atoms with Crippen LogP contribution in [0.2, 0.25) is 0 Å². The number of hydrogen-bond acceptors (Lipinski definition) is 5. The highest BCUT2D eigenvalue weighted by Gasteiger charge is 2.22. The topological polar surface area (TPSA) is 80.8 Å². The molecule has 0 N–H and O–H groups in total. The number of carbonyl (C=O) groups excluding carboxylic acids is 2. The third-order valence-corrected chi connectivity index (χ3v) is 5.66. The van der Waals surface area contributed by atoms with Crippen molar-refractivity contribution in [1.29, 1.82) is 0 Å². The monoisotopic (exact) mass is 407 g/mol. The van der Waals surface area contributed by atoms with E-state index in [1.54, 1.807) is 24.3 Å². The van der Waals surface area contributed by atoms with Crippen molar-refractivity contribution >= 4 is 27.4 Å². The molecule has 1 amide bonds. The molecule has 6 nitrogen and oxygen atoms in total. The maximum absolute atomic E-state index is 12.9. The van der Waals surface area contributed by atoms with Gasteiger partial charge in [0.2, 0.25) is 0 Å². The molecule has 0 aliphatic heterocycles. The van der Waals surface area contributed by atoms with Gasteiger partial charge in [-0.1, -0.05) is 18.2 Å². The maximum atomic E-state index is 12.9. The van der Waals surface area contributed by atoms with Gasteiger partial charge in [-0.3, -0.25) is 9.59 Å². The van der Waals surface area contributed by atoms with Crippen molar-refractivity contribution in [1.82, 2.24) is 0 Å². The Balaban J connectivity index is 1.90. The largest absolute Gasteiger partial charge is 0.456 e. The highest BCUT2D eigenvalue weighted by Crippen LogP contribution is 2.17. The highest BCUT2D eigenvalue weighted by molar-refractivity contribution is 7.91. The Morgan fingerprint density at radius 1 is 1.04 bits per heavy atom. The van der Waals surface area contributed by atoms with Gasteiger partial charge in [0.05, 0.1) is 17.1 Å². The second-order valence-electron chi connectivity index (χ2n) is 6.38. The predicted molar refractivity (Wildman–Crippen MR) is 103 cm³/mol. The lowest BCUT2D eigenvalue weighted by molar-refractivity contribution is -0.147. The lowest BCUT2D eigenvalue weighted by Crippen LogP contribution is -2.40. The van der Waals surface area contributed by atoms with Gasteiger partial charge in [-0.2, -0.15) is 0 Å². The molecular formula is C20H22FNO5S. The van der Waals surface area contributed by atoms with Gasteiger partial charge < -0.3 is 9.64 Å². The first-order valence-corrected chi connectivity index (χ1v) is 10.4. The molecule has 0 aliphatic carbocycles. The molecule has 2 aromatic rings. The molecular weight excluding hydrogens is 385 g/mol. The van der Waals surface area contributed by atoms with E-state index in [0.29, 0.717) is 5.69 Å². The summed E-state index contributed by atoms with van der Waals surface area (Å²) in [5.41, 5.74) is 0.678. The number of hydrogen-bond donors (Lipinski definition) is 0. The number of ether oxygens (including phenoxy) is 1. The summed E-state index contributed by atoms with van der Waals surface area (Å²) in [6, 6.07) is 13.2. The molecule has 0 radical (unpaired) electrons. The number of rotatable bonds is 8. The minimum atomic E-state index is -3.75. The van der Waals surface area contributed by atoms with Gasteiger partial charge in [0.15, 0.2) is 16.4 Å². The molecule has 0 aromatic heterocycles. The van der Waals surface area contributed by atoms with Crippen LogP contribution in [0.25, 0.3) is 0 Å². The van der Waals surface area contributed by atoms with E-state index < -0.39 is 46.3 Å². The molecule has 0 heterocycles. The lowest BCUT2D eigenvalue weighted by Gasteiger charge is -2.26. The Morgan fingerprint density at radius 3 is 2.21 bits per heavy atom. The smallest absolute Gasteiger partial charge is 0.307 e. The number of benzene rings is 2. The van der Waals surface area contributed by atoms with Crippen LogP contribution in [0.3, 0.4) is 0 Å². The molecule has 8 heteroatoms. The minimum absolute atomic E-state index is 0.0761. The Hall–Kier alpha value is -2.74. The van der Waals surface area contributed by atoms with Crippen LogP contribution in [0.1, 0.15) is 20.3 Å². The quantitative estimate of drug-likeness (QED) is 0.496. The van der Waals surface area contributed by atoms with E-state index in [0.717, 1.165) is 24.3 Å². The molecule has 0 bridgehead atoms. The van der Waals surface area contributed by atoms with Crippen LogP contribution in [0.5, 0.6) is 0 Å². The molecule has 150 valence electrons. The Labute approximate surface area is 163 Å². The summed E-state index contributed by atoms with van der Waals surface area (Å²) in [6.45, 7) is 3.19. The first-order chi connectivity index (χ1) is 13.2. The molecule has 28 heavy (non-hydrogen) atoms. The second kappa shape index (κ2) is 9.45. The van der Waals surface area contributed by atoms with Crippen LogP contribution < -0.4 is 4.90 Å². The van der Waals surface area contributed by atoms with Gasteiger partial charge >= 0.3 is 5.97 Å². The highest BCUT2D eigenvalue weighted by atomic mass is 32.2. The zero-order valence-electron chi connectivity index (χ0n) is 15.7. The molecule has 0 unspecified atom stereocenters. The molecule has 2 rings (SSSR count). The summed E-state index contributed by atoms with van der Waals surface area (Å²) < 4.78 is 42.2. The summed E-state index contributed by atoms with van der Waals surface area (Å²) in [5.74, 6) is -2.24. The van der Waals surface area contributed by atoms with Crippen LogP contribution in [0.4, 0.5) is 10.1 Å². The van der Waals surface area contributed by atoms with Crippen molar-refractivity contribution in [3.63, 3.8) is 0 Å². The number of amides is 1. The normalized spacial score (nSPS) is 11.3. The van der Waals surface area contributed by atoms with Crippen LogP contribution in [-0.4, -0.2) is 38.7 Å². The van der Waals surface area contributed by atoms with E-state index in [4.69, 9.17) is 4.74 Å². The van der Waals surface area contributed by atoms with Crippen LogP contribution in [0.15, 0.2) is 59.5 Å². The zero-order chi connectivity index (χ0) is 20.7. The third kappa shape index (κ3) is 5.88. The molecule has 0 atom stereocenters. The van der Waals surface area contributed by atoms with Crippen molar-refractivity contribution in [2.75, 3.05) is 17.3 Å². The van der Waals surface area contributed by atoms with Gasteiger partial charge in [0.1, 0.15) is 5.82 Å². The maximum Gasteiger partial charge on any atom is 0.307 e. The van der Waals surface area contributed by atoms with Crippen molar-refractivity contribution in [3.8, 4) is 0 Å². The summed E-state index contributed by atoms with van der Waals surface area (Å²) in [5, 5.41) is 0. The molecule has 0 aliphatic rings. The number of nitrogens with zero attached hydrogens (tertiary/aromatic N) is 1. The van der Waals surface area contributed by atoms with Gasteiger partial charge in [-0.05, 0) is 50.2 Å². The third-order valence-electron chi connectivity index (χ3n) is 3.92. The molecule has 2 aromatic carbocycles. The van der Waals surface area contributed by atoms with Gasteiger partial charge in [0.25, 0.3) is 5.91 Å². The predicted octanol–water partition coefficient (Wildman–Crippen LogP) is 2.97. The zero-order valence-corrected chi connectivity index (χ0v) is 16.5. The second-order valence-corrected chi connectivity index (χ2v) is 8.49. The summed E-state index contributed by atoms with van der Waals surface area (Å²) in [4.78, 5) is 25.8. The number of anilines is 1. The summed E-state index contributed by atoms with van der Waals surface area (Å²) in [7, 11) is -3.75. The first kappa shape index (κ1) is 21.6. The fraction of sp³-hybridized carbons (Fsp3) is 0.300. The van der Waals surface area contributed by atoms with Crippen molar-refractivity contribution in [2.24, 2.45) is 0 Å². The summed E-state index contributed by atoms with van der Waals surface area (Å²) >= 11 is 0. The van der Waals surface area contributed by atoms with Gasteiger partial charge in [0, 0.05) is 11.7 Å². The minimum Gasteiger partial charge on any atom is -0.456 e. The number of esters is 1. The van der Waals surface area contributed by atoms with E-state index >= 15 is 0 Å². The average molecular weight is 407 g/mol. The SMILES string of the molecule is CC(C)N(C(=O)COC(=O)CCS(=O)(=O)c1ccc(F)cc1)c1ccccc1. The molecule has 0 saturated carbocycles. The number of halogens is 1. The van der Waals surface area contributed by atoms with Crippen molar-refractivity contribution in [3.05, 3.63) is 60.4 Å². The van der Waals surface area contributed by atoms with E-state index in [9.17, 15) is 22.4 Å². The summed E-state index contributed by atoms with van der Waals surface area (Å²) in [6.07, 6.45) is -0.403. The molecule has 0 saturated heterocycles. The lowest BCUT2D eigenvalue weighted by atomic mass is 10.2. The molecule has 0 fully saturated rings. The standard InChI is InChI=1S/C20H22FNO5S/c1-15(2)22(17-6-4-3-5-7-17)19(23)14-27-20(24)12-13-28(25,26)18-10-8-16(21)9-11-18/h3-11,15H,12-14H2,1-2H3. The Bertz CT molecular complexity index is 911. The van der Waals surface area contributed by atoms with E-state index in [2.05, 4.69) is 0 Å². The van der Waals surface area contributed by atoms with Gasteiger partial charge in [-0.15, -0.1) is 0 Å². The van der Waals surface area contributed by atoms with Crippen LogP contribution in [-0.2, 0) is 24.2 Å². The Morgan fingerprint density at radius 2 is 1.64 bits per heavy atom. The number of sulfone groups is 1. The van der Waals surface area contributed by atoms with Crippen LogP contribution in [0, 0.1) is 5.82 Å². The fourth-order valence-electron chi connectivity index (χ4n) is 2.58. The van der Waals surface area contributed by atoms with E-state index in [1.807, 2.05) is 19.9 Å². The van der Waals surface area contributed by atoms with Gasteiger partial charge in [-0.25, -0.2) is 12.8 Å². The first-order valence-electron chi connectivity index (χ1n) is 8.72. The number of para-hydroxylation sites is 1. The Kier molecular flexibility index (Phi) is 7.28. The van der Waals surface area contributed by atoms with Crippen molar-refractivity contribution < 1.29 is 27.1 Å². The van der Waals surface area contributed by atoms with Crippen molar-refractivity contribution in [2.45, 2.75) is 31.2 Å². The molecule has 0 spiro atoms.